The lowest BCUT2D eigenvalue weighted by Gasteiger charge is -2.23. The van der Waals surface area contributed by atoms with Gasteiger partial charge in [0, 0.05) is 25.2 Å². The molecule has 2 heterocycles. The van der Waals surface area contributed by atoms with Crippen molar-refractivity contribution in [2.75, 3.05) is 26.7 Å². The molecule has 0 saturated carbocycles. The lowest BCUT2D eigenvalue weighted by molar-refractivity contribution is 0.112. The molecule has 14 heavy (non-hydrogen) atoms. The van der Waals surface area contributed by atoms with E-state index in [1.165, 1.54) is 25.8 Å². The van der Waals surface area contributed by atoms with Crippen molar-refractivity contribution in [3.63, 3.8) is 0 Å². The summed E-state index contributed by atoms with van der Waals surface area (Å²) >= 11 is 0. The Balaban J connectivity index is 1.71. The molecule has 3 unspecified atom stereocenters. The van der Waals surface area contributed by atoms with Crippen LogP contribution in [0.15, 0.2) is 0 Å². The molecule has 0 aromatic heterocycles. The molecule has 0 amide bonds. The Kier molecular flexibility index (Phi) is 3.42. The van der Waals surface area contributed by atoms with Crippen molar-refractivity contribution in [1.82, 2.24) is 10.2 Å². The largest absolute Gasteiger partial charge is 0.377 e. The summed E-state index contributed by atoms with van der Waals surface area (Å²) in [6, 6.07) is 1.34. The van der Waals surface area contributed by atoms with Gasteiger partial charge in [-0.05, 0) is 39.8 Å². The molecule has 2 saturated heterocycles. The molecule has 3 nitrogen and oxygen atoms in total. The van der Waals surface area contributed by atoms with Gasteiger partial charge in [-0.2, -0.15) is 0 Å². The summed E-state index contributed by atoms with van der Waals surface area (Å²) in [6.07, 6.45) is 4.30. The Labute approximate surface area is 86.8 Å². The van der Waals surface area contributed by atoms with Crippen LogP contribution in [-0.4, -0.2) is 49.8 Å². The van der Waals surface area contributed by atoms with Crippen molar-refractivity contribution in [3.8, 4) is 0 Å². The highest BCUT2D eigenvalue weighted by molar-refractivity contribution is 4.84. The molecule has 82 valence electrons. The number of likely N-dealkylation sites (N-methyl/N-ethyl adjacent to an activating group) is 1. The zero-order valence-electron chi connectivity index (χ0n) is 9.33. The molecular weight excluding hydrogens is 176 g/mol. The van der Waals surface area contributed by atoms with Crippen LogP contribution < -0.4 is 5.32 Å². The Hall–Kier alpha value is -0.120. The summed E-state index contributed by atoms with van der Waals surface area (Å²) in [7, 11) is 2.23. The van der Waals surface area contributed by atoms with E-state index in [4.69, 9.17) is 4.74 Å². The van der Waals surface area contributed by atoms with Gasteiger partial charge in [0.2, 0.25) is 0 Å². The summed E-state index contributed by atoms with van der Waals surface area (Å²) in [4.78, 5) is 2.47. The SMILES string of the molecule is CC1OCCC1NCC1CCCN1C. The van der Waals surface area contributed by atoms with Gasteiger partial charge in [0.25, 0.3) is 0 Å². The molecule has 0 bridgehead atoms. The van der Waals surface area contributed by atoms with E-state index in [9.17, 15) is 0 Å². The van der Waals surface area contributed by atoms with Gasteiger partial charge in [0.15, 0.2) is 0 Å². The van der Waals surface area contributed by atoms with Crippen LogP contribution in [0.1, 0.15) is 26.2 Å². The van der Waals surface area contributed by atoms with E-state index in [0.29, 0.717) is 12.1 Å². The normalized spacial score (nSPS) is 39.4. The van der Waals surface area contributed by atoms with Crippen LogP contribution in [0.2, 0.25) is 0 Å². The highest BCUT2D eigenvalue weighted by atomic mass is 16.5. The van der Waals surface area contributed by atoms with E-state index in [0.717, 1.165) is 19.2 Å². The van der Waals surface area contributed by atoms with Gasteiger partial charge in [-0.25, -0.2) is 0 Å². The number of rotatable bonds is 3. The topological polar surface area (TPSA) is 24.5 Å². The third-order valence-corrected chi connectivity index (χ3v) is 3.66. The molecule has 1 N–H and O–H groups in total. The molecule has 0 aromatic rings. The predicted octanol–water partition coefficient (Wildman–Crippen LogP) is 0.848. The highest BCUT2D eigenvalue weighted by Gasteiger charge is 2.26. The minimum absolute atomic E-state index is 0.404. The molecule has 2 fully saturated rings. The molecular formula is C11H22N2O. The number of likely N-dealkylation sites (tertiary alicyclic amines) is 1. The third-order valence-electron chi connectivity index (χ3n) is 3.66. The molecule has 2 aliphatic rings. The first-order chi connectivity index (χ1) is 6.77. The Bertz CT molecular complexity index is 166. The van der Waals surface area contributed by atoms with E-state index < -0.39 is 0 Å². The molecule has 0 aromatic carbocycles. The minimum Gasteiger partial charge on any atom is -0.377 e. The van der Waals surface area contributed by atoms with Gasteiger partial charge in [-0.15, -0.1) is 0 Å². The van der Waals surface area contributed by atoms with Crippen molar-refractivity contribution in [3.05, 3.63) is 0 Å². The van der Waals surface area contributed by atoms with E-state index in [2.05, 4.69) is 24.2 Å². The number of nitrogens with zero attached hydrogens (tertiary/aromatic N) is 1. The van der Waals surface area contributed by atoms with Crippen molar-refractivity contribution in [2.24, 2.45) is 0 Å². The van der Waals surface area contributed by atoms with Crippen LogP contribution in [0.5, 0.6) is 0 Å². The second-order valence-electron chi connectivity index (χ2n) is 4.66. The predicted molar refractivity (Wildman–Crippen MR) is 57.5 cm³/mol. The van der Waals surface area contributed by atoms with Crippen molar-refractivity contribution >= 4 is 0 Å². The molecule has 2 rings (SSSR count). The standard InChI is InChI=1S/C11H22N2O/c1-9-11(5-7-14-9)12-8-10-4-3-6-13(10)2/h9-12H,3-8H2,1-2H3. The molecule has 3 heteroatoms. The third kappa shape index (κ3) is 2.27. The molecule has 2 aliphatic heterocycles. The van der Waals surface area contributed by atoms with Crippen LogP contribution in [0.3, 0.4) is 0 Å². The average molecular weight is 198 g/mol. The summed E-state index contributed by atoms with van der Waals surface area (Å²) in [5.41, 5.74) is 0. The Morgan fingerprint density at radius 2 is 2.29 bits per heavy atom. The summed E-state index contributed by atoms with van der Waals surface area (Å²) in [6.45, 7) is 5.50. The van der Waals surface area contributed by atoms with Crippen molar-refractivity contribution in [1.29, 1.82) is 0 Å². The number of ether oxygens (including phenoxy) is 1. The summed E-state index contributed by atoms with van der Waals surface area (Å²) < 4.78 is 5.53. The number of nitrogens with one attached hydrogen (secondary N) is 1. The zero-order chi connectivity index (χ0) is 9.97. The van der Waals surface area contributed by atoms with Gasteiger partial charge in [0.1, 0.15) is 0 Å². The maximum Gasteiger partial charge on any atom is 0.0700 e. The lowest BCUT2D eigenvalue weighted by atomic mass is 10.1. The maximum absolute atomic E-state index is 5.53. The smallest absolute Gasteiger partial charge is 0.0700 e. The van der Waals surface area contributed by atoms with Crippen LogP contribution in [0.25, 0.3) is 0 Å². The maximum atomic E-state index is 5.53. The average Bonchev–Trinajstić information content (AvgIpc) is 2.72. The van der Waals surface area contributed by atoms with E-state index >= 15 is 0 Å². The fourth-order valence-electron chi connectivity index (χ4n) is 2.52. The Morgan fingerprint density at radius 3 is 2.86 bits per heavy atom. The summed E-state index contributed by atoms with van der Waals surface area (Å²) in [5.74, 6) is 0. The fraction of sp³-hybridized carbons (Fsp3) is 1.00. The van der Waals surface area contributed by atoms with Crippen LogP contribution in [0, 0.1) is 0 Å². The van der Waals surface area contributed by atoms with Gasteiger partial charge in [0.05, 0.1) is 6.10 Å². The zero-order valence-corrected chi connectivity index (χ0v) is 9.33. The van der Waals surface area contributed by atoms with Crippen LogP contribution >= 0.6 is 0 Å². The van der Waals surface area contributed by atoms with Crippen LogP contribution in [-0.2, 0) is 4.74 Å². The monoisotopic (exact) mass is 198 g/mol. The lowest BCUT2D eigenvalue weighted by Crippen LogP contribution is -2.42. The second-order valence-corrected chi connectivity index (χ2v) is 4.66. The second kappa shape index (κ2) is 4.60. The molecule has 3 atom stereocenters. The number of hydrogen-bond acceptors (Lipinski definition) is 3. The van der Waals surface area contributed by atoms with E-state index in [1.54, 1.807) is 0 Å². The molecule has 0 radical (unpaired) electrons. The fourth-order valence-corrected chi connectivity index (χ4v) is 2.52. The number of hydrogen-bond donors (Lipinski definition) is 1. The van der Waals surface area contributed by atoms with Gasteiger partial charge >= 0.3 is 0 Å². The minimum atomic E-state index is 0.404. The van der Waals surface area contributed by atoms with E-state index in [1.807, 2.05) is 0 Å². The molecule has 0 aliphatic carbocycles. The van der Waals surface area contributed by atoms with Crippen LogP contribution in [0.4, 0.5) is 0 Å². The quantitative estimate of drug-likeness (QED) is 0.727. The van der Waals surface area contributed by atoms with Gasteiger partial charge in [-0.1, -0.05) is 0 Å². The summed E-state index contributed by atoms with van der Waals surface area (Å²) in [5, 5.41) is 3.64. The molecule has 0 spiro atoms. The van der Waals surface area contributed by atoms with E-state index in [-0.39, 0.29) is 0 Å². The van der Waals surface area contributed by atoms with Gasteiger partial charge in [-0.3, -0.25) is 0 Å². The first-order valence-electron chi connectivity index (χ1n) is 5.82. The first-order valence-corrected chi connectivity index (χ1v) is 5.82. The van der Waals surface area contributed by atoms with Crippen molar-refractivity contribution in [2.45, 2.75) is 44.4 Å². The Morgan fingerprint density at radius 1 is 1.43 bits per heavy atom. The highest BCUT2D eigenvalue weighted by Crippen LogP contribution is 2.16. The van der Waals surface area contributed by atoms with Crippen molar-refractivity contribution < 1.29 is 4.74 Å². The first kappa shape index (κ1) is 10.4. The van der Waals surface area contributed by atoms with Gasteiger partial charge < -0.3 is 15.0 Å².